The zero-order valence-electron chi connectivity index (χ0n) is 42.4. The quantitative estimate of drug-likeness (QED) is 0.0140. The van der Waals surface area contributed by atoms with E-state index in [0.29, 0.717) is 45.9 Å². The number of amides is 6. The molecule has 2 aromatic carbocycles. The van der Waals surface area contributed by atoms with Crippen LogP contribution < -0.4 is 36.7 Å². The van der Waals surface area contributed by atoms with Gasteiger partial charge in [0.15, 0.2) is 17.6 Å². The summed E-state index contributed by atoms with van der Waals surface area (Å²) in [7, 11) is -4.39. The molecule has 26 nitrogen and oxygen atoms in total. The summed E-state index contributed by atoms with van der Waals surface area (Å²) in [6.45, 7) is 4.47. The van der Waals surface area contributed by atoms with Crippen molar-refractivity contribution in [2.45, 2.75) is 76.7 Å². The van der Waals surface area contributed by atoms with E-state index in [9.17, 15) is 47.4 Å². The fourth-order valence-corrected chi connectivity index (χ4v) is 8.62. The molecule has 0 saturated carbocycles. The molecule has 0 spiro atoms. The van der Waals surface area contributed by atoms with Gasteiger partial charge in [-0.05, 0) is 54.7 Å². The lowest BCUT2D eigenvalue weighted by molar-refractivity contribution is -0.668. The van der Waals surface area contributed by atoms with Crippen LogP contribution in [0, 0.1) is 24.2 Å². The molecule has 0 unspecified atom stereocenters. The number of nitrogens with one attached hydrogen (secondary N) is 4. The smallest absolute Gasteiger partial charge is 0.333 e. The SMILES string of the molecule is C#Cc1cccc(Nc2nc[n+](Cc3ccc(NC(=O)[C@H](CCCNC(N)=O)CC(=O)[C@@H](NC(=O)CCOCCOCCOCCN4C(=O)C=CC4=O)C(C)C)cc3)c3c2ncn3[C@@H]2O[C@H](COS(N)(=O)=O)[C@@H](O)[C@H]2O)c1. The molecule has 0 aliphatic carbocycles. The van der Waals surface area contributed by atoms with Crippen molar-refractivity contribution in [1.29, 1.82) is 0 Å². The van der Waals surface area contributed by atoms with Crippen LogP contribution in [0.1, 0.15) is 56.9 Å². The van der Waals surface area contributed by atoms with Gasteiger partial charge in [-0.15, -0.1) is 6.42 Å². The number of hydrogen-bond donors (Lipinski definition) is 8. The van der Waals surface area contributed by atoms with E-state index >= 15 is 0 Å². The molecular formula is C50H64N11O15S+. The summed E-state index contributed by atoms with van der Waals surface area (Å²) in [5.74, 6) is -0.328. The number of benzene rings is 2. The number of aliphatic hydroxyl groups excluding tert-OH is 2. The molecule has 6 rings (SSSR count). The molecule has 27 heteroatoms. The lowest BCUT2D eigenvalue weighted by Crippen LogP contribution is -2.45. The number of primary amides is 1. The van der Waals surface area contributed by atoms with Gasteiger partial charge < -0.3 is 56.2 Å². The number of imidazole rings is 1. The second-order valence-electron chi connectivity index (χ2n) is 18.2. The molecule has 0 radical (unpaired) electrons. The van der Waals surface area contributed by atoms with Crippen molar-refractivity contribution in [3.05, 3.63) is 84.5 Å². The molecule has 1 saturated heterocycles. The van der Waals surface area contributed by atoms with Crippen LogP contribution in [-0.4, -0.2) is 157 Å². The third-order valence-corrected chi connectivity index (χ3v) is 12.7. The van der Waals surface area contributed by atoms with E-state index in [0.717, 1.165) is 4.90 Å². The number of ether oxygens (including phenoxy) is 4. The van der Waals surface area contributed by atoms with Crippen LogP contribution >= 0.6 is 0 Å². The number of fused-ring (bicyclic) bond motifs is 1. The van der Waals surface area contributed by atoms with Crippen molar-refractivity contribution in [2.24, 2.45) is 22.7 Å². The van der Waals surface area contributed by atoms with Crippen molar-refractivity contribution in [2.75, 3.05) is 70.0 Å². The van der Waals surface area contributed by atoms with Crippen molar-refractivity contribution in [3.63, 3.8) is 0 Å². The van der Waals surface area contributed by atoms with E-state index in [1.165, 1.54) is 29.4 Å². The molecule has 4 aromatic rings. The van der Waals surface area contributed by atoms with Crippen LogP contribution in [-0.2, 0) is 64.0 Å². The maximum Gasteiger partial charge on any atom is 0.333 e. The van der Waals surface area contributed by atoms with Gasteiger partial charge in [0.25, 0.3) is 17.5 Å². The monoisotopic (exact) mass is 1090 g/mol. The Kier molecular flexibility index (Phi) is 21.6. The Morgan fingerprint density at radius 3 is 2.29 bits per heavy atom. The molecule has 6 atom stereocenters. The standard InChI is InChI=1S/C50H63N11O15S/c1-4-32-7-5-9-36(25-32)56-46-43-48(61(30-54-43)49-45(67)44(66)38(76-49)28-75-77(52,70)71)59(29-55-46)27-33-10-12-35(13-11-33)57-47(68)34(8-6-17-53-50(51)69)26-37(62)42(31(2)3)58-39(63)16-19-72-21-23-74-24-22-73-20-18-60-40(64)14-15-41(60)65/h1,5,7,9-15,25,29-31,34,38,42,44-45,49,66-67H,6,8,16-24,26-28H2,2-3H3,(H7,51,52,53,57,58,63,68,69,70,71)/p+1/t34-,38-,42+,44-,45-,49-/m1/s1. The number of aromatic nitrogens is 4. The normalized spacial score (nSPS) is 18.1. The summed E-state index contributed by atoms with van der Waals surface area (Å²) < 4.78 is 53.2. The van der Waals surface area contributed by atoms with Gasteiger partial charge in [-0.3, -0.25) is 33.1 Å². The van der Waals surface area contributed by atoms with Crippen LogP contribution in [0.15, 0.2) is 73.3 Å². The average Bonchev–Trinajstić information content (AvgIpc) is 4.10. The Bertz CT molecular complexity index is 2890. The Morgan fingerprint density at radius 1 is 0.935 bits per heavy atom. The number of urea groups is 1. The van der Waals surface area contributed by atoms with E-state index < -0.39 is 71.3 Å². The summed E-state index contributed by atoms with van der Waals surface area (Å²) >= 11 is 0. The Labute approximate surface area is 444 Å². The Balaban J connectivity index is 1.06. The van der Waals surface area contributed by atoms with Crippen LogP contribution in [0.3, 0.4) is 0 Å². The number of carbonyl (C=O) groups excluding carboxylic acids is 6. The summed E-state index contributed by atoms with van der Waals surface area (Å²) in [6, 6.07) is 12.2. The molecule has 6 amide bonds. The topological polar surface area (TPSA) is 361 Å². The maximum absolute atomic E-state index is 13.9. The molecule has 77 heavy (non-hydrogen) atoms. The first-order valence-corrected chi connectivity index (χ1v) is 26.1. The van der Waals surface area contributed by atoms with Gasteiger partial charge in [-0.2, -0.15) is 8.42 Å². The molecule has 10 N–H and O–H groups in total. The number of rotatable bonds is 31. The highest BCUT2D eigenvalue weighted by atomic mass is 32.2. The first kappa shape index (κ1) is 59.0. The molecule has 2 aromatic heterocycles. The highest BCUT2D eigenvalue weighted by Gasteiger charge is 2.47. The van der Waals surface area contributed by atoms with Crippen LogP contribution in [0.4, 0.5) is 22.0 Å². The number of Topliss-reactive ketones (excluding diaryl/α,β-unsaturated/α-hetero) is 1. The second-order valence-corrected chi connectivity index (χ2v) is 19.5. The number of ketones is 1. The zero-order valence-corrected chi connectivity index (χ0v) is 43.3. The summed E-state index contributed by atoms with van der Waals surface area (Å²) in [4.78, 5) is 85.6. The fraction of sp³-hybridized carbons (Fsp3) is 0.460. The molecule has 2 aliphatic heterocycles. The van der Waals surface area contributed by atoms with Gasteiger partial charge in [0.05, 0.1) is 65.4 Å². The van der Waals surface area contributed by atoms with Gasteiger partial charge in [0.2, 0.25) is 30.2 Å². The average molecular weight is 1090 g/mol. The van der Waals surface area contributed by atoms with Crippen LogP contribution in [0.25, 0.3) is 11.2 Å². The highest BCUT2D eigenvalue weighted by Crippen LogP contribution is 2.33. The number of carbonyl (C=O) groups is 6. The van der Waals surface area contributed by atoms with Crippen LogP contribution in [0.5, 0.6) is 0 Å². The summed E-state index contributed by atoms with van der Waals surface area (Å²) in [5.41, 5.74) is 8.26. The fourth-order valence-electron chi connectivity index (χ4n) is 8.29. The lowest BCUT2D eigenvalue weighted by Gasteiger charge is -2.24. The van der Waals surface area contributed by atoms with E-state index in [1.54, 1.807) is 66.9 Å². The van der Waals surface area contributed by atoms with Crippen molar-refractivity contribution in [3.8, 4) is 12.3 Å². The van der Waals surface area contributed by atoms with Crippen molar-refractivity contribution in [1.82, 2.24) is 30.1 Å². The number of nitrogens with zero attached hydrogens (tertiary/aromatic N) is 5. The number of terminal acetylenes is 1. The number of imide groups is 1. The van der Waals surface area contributed by atoms with E-state index in [-0.39, 0.29) is 102 Å². The van der Waals surface area contributed by atoms with Gasteiger partial charge >= 0.3 is 16.3 Å². The minimum atomic E-state index is -4.39. The van der Waals surface area contributed by atoms with Gasteiger partial charge in [0.1, 0.15) is 18.3 Å². The number of aliphatic hydroxyl groups is 2. The molecular weight excluding hydrogens is 1030 g/mol. The van der Waals surface area contributed by atoms with Gasteiger partial charge in [-0.1, -0.05) is 43.0 Å². The molecule has 0 bridgehead atoms. The van der Waals surface area contributed by atoms with E-state index in [1.807, 2.05) is 0 Å². The van der Waals surface area contributed by atoms with Gasteiger partial charge in [-0.25, -0.2) is 24.1 Å². The predicted molar refractivity (Wildman–Crippen MR) is 274 cm³/mol. The van der Waals surface area contributed by atoms with E-state index in [4.69, 9.17) is 36.2 Å². The summed E-state index contributed by atoms with van der Waals surface area (Å²) in [6.07, 6.45) is 5.48. The number of nitrogens with two attached hydrogens (primary N) is 2. The zero-order chi connectivity index (χ0) is 55.6. The third-order valence-electron chi connectivity index (χ3n) is 12.2. The molecule has 1 fully saturated rings. The highest BCUT2D eigenvalue weighted by molar-refractivity contribution is 7.84. The molecule has 4 heterocycles. The number of hydrogen-bond acceptors (Lipinski definition) is 18. The Morgan fingerprint density at radius 2 is 1.62 bits per heavy atom. The first-order valence-electron chi connectivity index (χ1n) is 24.6. The minimum Gasteiger partial charge on any atom is -0.387 e. The molecule has 2 aliphatic rings. The van der Waals surface area contributed by atoms with Gasteiger partial charge in [0, 0.05) is 54.4 Å². The maximum atomic E-state index is 13.9. The number of anilines is 3. The molecule has 414 valence electrons. The largest absolute Gasteiger partial charge is 0.387 e. The predicted octanol–water partition coefficient (Wildman–Crippen LogP) is -0.201. The minimum absolute atomic E-state index is 0.0419. The second kappa shape index (κ2) is 28.2. The first-order chi connectivity index (χ1) is 36.8. The lowest BCUT2D eigenvalue weighted by atomic mass is 9.89. The van der Waals surface area contributed by atoms with Crippen molar-refractivity contribution < 1.29 is 75.1 Å². The van der Waals surface area contributed by atoms with E-state index in [2.05, 4.69) is 41.3 Å². The van der Waals surface area contributed by atoms with Crippen LogP contribution in [0.2, 0.25) is 0 Å². The Hall–Kier alpha value is -7.26. The summed E-state index contributed by atoms with van der Waals surface area (Å²) in [5, 5.41) is 38.4. The van der Waals surface area contributed by atoms with Crippen molar-refractivity contribution >= 4 is 74.1 Å². The third kappa shape index (κ3) is 17.4.